The molecule has 0 aliphatic carbocycles. The normalized spacial score (nSPS) is 14.2. The molecular weight excluding hydrogens is 410 g/mol. The van der Waals surface area contributed by atoms with Crippen LogP contribution in [0.1, 0.15) is 64.5 Å². The average Bonchev–Trinajstić information content (AvgIpc) is 2.95. The number of nitro benzene ring substituents is 1. The van der Waals surface area contributed by atoms with Gasteiger partial charge in [0.15, 0.2) is 5.13 Å². The van der Waals surface area contributed by atoms with Gasteiger partial charge in [-0.1, -0.05) is 24.2 Å². The van der Waals surface area contributed by atoms with Crippen molar-refractivity contribution in [3.05, 3.63) is 40.1 Å². The molecule has 3 rings (SSSR count). The van der Waals surface area contributed by atoms with Gasteiger partial charge in [0.05, 0.1) is 21.3 Å². The second kappa shape index (κ2) is 11.8. The van der Waals surface area contributed by atoms with Crippen LogP contribution in [-0.2, 0) is 6.42 Å². The van der Waals surface area contributed by atoms with Crippen molar-refractivity contribution in [2.45, 2.75) is 71.3 Å². The van der Waals surface area contributed by atoms with E-state index in [1.165, 1.54) is 25.1 Å². The molecule has 0 amide bonds. The van der Waals surface area contributed by atoms with Gasteiger partial charge in [0.25, 0.3) is 5.69 Å². The summed E-state index contributed by atoms with van der Waals surface area (Å²) < 4.78 is 0. The van der Waals surface area contributed by atoms with E-state index in [0.717, 1.165) is 66.5 Å². The minimum atomic E-state index is -0.363. The van der Waals surface area contributed by atoms with E-state index < -0.39 is 0 Å². The Labute approximate surface area is 188 Å². The van der Waals surface area contributed by atoms with E-state index >= 15 is 0 Å². The quantitative estimate of drug-likeness (QED) is 0.274. The van der Waals surface area contributed by atoms with Gasteiger partial charge in [-0.25, -0.2) is 4.98 Å². The number of aryl methyl sites for hydroxylation is 1. The lowest BCUT2D eigenvalue weighted by molar-refractivity contribution is -0.384. The number of rotatable bonds is 10. The monoisotopic (exact) mass is 443 g/mol. The van der Waals surface area contributed by atoms with E-state index in [0.29, 0.717) is 6.04 Å². The molecule has 2 heterocycles. The number of thiazole rings is 1. The SMILES string of the molecule is CC(C)Nc1nc(CCCCCNC2=NCCCCC2)c(-c2ccc([N+](=O)[O-])cc2)s1. The summed E-state index contributed by atoms with van der Waals surface area (Å²) in [6.07, 6.45) is 9.05. The number of nitrogens with one attached hydrogen (secondary N) is 2. The van der Waals surface area contributed by atoms with Crippen molar-refractivity contribution < 1.29 is 4.92 Å². The number of anilines is 1. The van der Waals surface area contributed by atoms with Crippen LogP contribution >= 0.6 is 11.3 Å². The number of hydrogen-bond acceptors (Lipinski definition) is 7. The van der Waals surface area contributed by atoms with Crippen LogP contribution in [0.4, 0.5) is 10.8 Å². The molecule has 8 heteroatoms. The van der Waals surface area contributed by atoms with Gasteiger partial charge in [0.2, 0.25) is 0 Å². The fourth-order valence-corrected chi connectivity index (χ4v) is 4.80. The molecular formula is C23H33N5O2S. The first-order chi connectivity index (χ1) is 15.0. The summed E-state index contributed by atoms with van der Waals surface area (Å²) >= 11 is 1.62. The third-order valence-electron chi connectivity index (χ3n) is 5.24. The smallest absolute Gasteiger partial charge is 0.269 e. The molecule has 0 bridgehead atoms. The summed E-state index contributed by atoms with van der Waals surface area (Å²) in [4.78, 5) is 21.1. The Morgan fingerprint density at radius 2 is 1.94 bits per heavy atom. The third kappa shape index (κ3) is 7.31. The number of nitrogens with zero attached hydrogens (tertiary/aromatic N) is 3. The number of hydrogen-bond donors (Lipinski definition) is 2. The number of amidine groups is 1. The van der Waals surface area contributed by atoms with Gasteiger partial charge >= 0.3 is 0 Å². The number of aliphatic imine (C=N–C) groups is 1. The summed E-state index contributed by atoms with van der Waals surface area (Å²) in [6, 6.07) is 7.09. The van der Waals surface area contributed by atoms with E-state index in [-0.39, 0.29) is 10.6 Å². The van der Waals surface area contributed by atoms with Gasteiger partial charge in [-0.3, -0.25) is 15.1 Å². The van der Waals surface area contributed by atoms with Crippen molar-refractivity contribution in [2.24, 2.45) is 4.99 Å². The molecule has 0 saturated heterocycles. The van der Waals surface area contributed by atoms with Gasteiger partial charge < -0.3 is 10.6 Å². The molecule has 0 unspecified atom stereocenters. The molecule has 0 atom stereocenters. The van der Waals surface area contributed by atoms with E-state index in [2.05, 4.69) is 29.5 Å². The highest BCUT2D eigenvalue weighted by Gasteiger charge is 2.15. The first-order valence-electron chi connectivity index (χ1n) is 11.3. The Kier molecular flexibility index (Phi) is 8.82. The molecule has 168 valence electrons. The molecule has 1 aromatic carbocycles. The van der Waals surface area contributed by atoms with Crippen molar-refractivity contribution in [1.82, 2.24) is 10.3 Å². The molecule has 0 radical (unpaired) electrons. The lowest BCUT2D eigenvalue weighted by atomic mass is 10.1. The highest BCUT2D eigenvalue weighted by molar-refractivity contribution is 7.19. The molecule has 0 fully saturated rings. The Morgan fingerprint density at radius 3 is 2.68 bits per heavy atom. The van der Waals surface area contributed by atoms with Crippen LogP contribution in [0.15, 0.2) is 29.3 Å². The molecule has 2 N–H and O–H groups in total. The Hall–Kier alpha value is -2.48. The van der Waals surface area contributed by atoms with Gasteiger partial charge in [-0.2, -0.15) is 0 Å². The zero-order valence-electron chi connectivity index (χ0n) is 18.5. The fraction of sp³-hybridized carbons (Fsp3) is 0.565. The lowest BCUT2D eigenvalue weighted by Gasteiger charge is -2.08. The second-order valence-corrected chi connectivity index (χ2v) is 9.27. The molecule has 1 aliphatic heterocycles. The second-order valence-electron chi connectivity index (χ2n) is 8.27. The topological polar surface area (TPSA) is 92.5 Å². The predicted octanol–water partition coefficient (Wildman–Crippen LogP) is 5.81. The maximum atomic E-state index is 11.0. The van der Waals surface area contributed by atoms with Crippen LogP contribution in [0.3, 0.4) is 0 Å². The van der Waals surface area contributed by atoms with Crippen LogP contribution in [0, 0.1) is 10.1 Å². The maximum absolute atomic E-state index is 11.0. The molecule has 0 spiro atoms. The molecule has 1 aromatic heterocycles. The molecule has 1 aliphatic rings. The highest BCUT2D eigenvalue weighted by atomic mass is 32.1. The van der Waals surface area contributed by atoms with Crippen LogP contribution in [0.5, 0.6) is 0 Å². The maximum Gasteiger partial charge on any atom is 0.269 e. The number of aromatic nitrogens is 1. The van der Waals surface area contributed by atoms with Crippen molar-refractivity contribution in [3.8, 4) is 10.4 Å². The minimum Gasteiger partial charge on any atom is -0.374 e. The molecule has 7 nitrogen and oxygen atoms in total. The average molecular weight is 444 g/mol. The Bertz CT molecular complexity index is 877. The van der Waals surface area contributed by atoms with Gasteiger partial charge in [0.1, 0.15) is 0 Å². The molecule has 2 aromatic rings. The number of nitro groups is 1. The lowest BCUT2D eigenvalue weighted by Crippen LogP contribution is -2.24. The third-order valence-corrected chi connectivity index (χ3v) is 6.32. The van der Waals surface area contributed by atoms with Crippen molar-refractivity contribution in [3.63, 3.8) is 0 Å². The number of unbranched alkanes of at least 4 members (excludes halogenated alkanes) is 2. The molecule has 0 saturated carbocycles. The first-order valence-corrected chi connectivity index (χ1v) is 12.1. The summed E-state index contributed by atoms with van der Waals surface area (Å²) in [6.45, 7) is 6.13. The van der Waals surface area contributed by atoms with Crippen LogP contribution in [-0.4, -0.2) is 34.9 Å². The van der Waals surface area contributed by atoms with Crippen LogP contribution in [0.25, 0.3) is 10.4 Å². The zero-order valence-corrected chi connectivity index (χ0v) is 19.3. The minimum absolute atomic E-state index is 0.112. The molecule has 31 heavy (non-hydrogen) atoms. The van der Waals surface area contributed by atoms with Crippen molar-refractivity contribution in [1.29, 1.82) is 0 Å². The van der Waals surface area contributed by atoms with E-state index in [4.69, 9.17) is 4.98 Å². The summed E-state index contributed by atoms with van der Waals surface area (Å²) in [5.74, 6) is 1.18. The van der Waals surface area contributed by atoms with Crippen molar-refractivity contribution in [2.75, 3.05) is 18.4 Å². The Balaban J connectivity index is 1.55. The van der Waals surface area contributed by atoms with Gasteiger partial charge in [-0.05, 0) is 63.6 Å². The predicted molar refractivity (Wildman–Crippen MR) is 129 cm³/mol. The zero-order chi connectivity index (χ0) is 22.1. The van der Waals surface area contributed by atoms with Crippen LogP contribution < -0.4 is 10.6 Å². The van der Waals surface area contributed by atoms with E-state index in [1.54, 1.807) is 23.5 Å². The summed E-state index contributed by atoms with van der Waals surface area (Å²) in [7, 11) is 0. The first kappa shape index (κ1) is 23.2. The number of benzene rings is 1. The van der Waals surface area contributed by atoms with E-state index in [1.807, 2.05) is 12.1 Å². The fourth-order valence-electron chi connectivity index (χ4n) is 3.64. The summed E-state index contributed by atoms with van der Waals surface area (Å²) in [5, 5.41) is 18.8. The largest absolute Gasteiger partial charge is 0.374 e. The Morgan fingerprint density at radius 1 is 1.13 bits per heavy atom. The highest BCUT2D eigenvalue weighted by Crippen LogP contribution is 2.35. The number of non-ortho nitro benzene ring substituents is 1. The standard InChI is InChI=1S/C23H33N5O2S/c1-17(2)26-23-27-20(22(31-23)18-11-13-19(14-12-18)28(29)30)9-5-3-7-15-24-21-10-6-4-8-16-25-21/h11-14,17H,3-10,15-16H2,1-2H3,(H,24,25)(H,26,27). The van der Waals surface area contributed by atoms with Gasteiger partial charge in [-0.15, -0.1) is 0 Å². The van der Waals surface area contributed by atoms with Crippen molar-refractivity contribution >= 4 is 28.0 Å². The summed E-state index contributed by atoms with van der Waals surface area (Å²) in [5.41, 5.74) is 2.17. The van der Waals surface area contributed by atoms with Crippen LogP contribution in [0.2, 0.25) is 0 Å². The van der Waals surface area contributed by atoms with E-state index in [9.17, 15) is 10.1 Å². The van der Waals surface area contributed by atoms with Gasteiger partial charge in [0, 0.05) is 37.7 Å².